The highest BCUT2D eigenvalue weighted by atomic mass is 19.1. The summed E-state index contributed by atoms with van der Waals surface area (Å²) in [4.78, 5) is 36.4. The van der Waals surface area contributed by atoms with Gasteiger partial charge in [-0.3, -0.25) is 0 Å². The number of halogens is 1. The first-order valence-electron chi connectivity index (χ1n) is 14.1. The standard InChI is InChI=1S/C29H43FN6O5/c1-9-32-25(38)35-23-29(8,24(37)41-26(2,3)4)36(23)21-19(18-11-10-12-40-18)20(30)17(13-28(21,7)31)16-14-33-22(34-15-16)27(5,6)39/h14-15,18,23,39H,9-13,31H2,1-8H3,(H2,32,35,38)/t18-,23?,28?,29?,36?/m1/s1. The van der Waals surface area contributed by atoms with Crippen LogP contribution in [0, 0.1) is 0 Å². The van der Waals surface area contributed by atoms with Gasteiger partial charge in [-0.15, -0.1) is 0 Å². The van der Waals surface area contributed by atoms with Crippen molar-refractivity contribution >= 4 is 17.6 Å². The number of nitrogens with one attached hydrogen (secondary N) is 2. The maximum Gasteiger partial charge on any atom is 0.336 e. The Hall–Kier alpha value is -3.09. The minimum Gasteiger partial charge on any atom is -0.458 e. The van der Waals surface area contributed by atoms with Gasteiger partial charge in [-0.05, 0) is 74.7 Å². The van der Waals surface area contributed by atoms with Gasteiger partial charge in [0, 0.05) is 48.0 Å². The molecule has 1 aromatic rings. The molecule has 2 saturated heterocycles. The first-order valence-corrected chi connectivity index (χ1v) is 14.1. The highest BCUT2D eigenvalue weighted by Crippen LogP contribution is 2.54. The molecule has 3 aliphatic rings. The predicted octanol–water partition coefficient (Wildman–Crippen LogP) is 3.00. The van der Waals surface area contributed by atoms with Crippen LogP contribution < -0.4 is 16.4 Å². The van der Waals surface area contributed by atoms with Crippen LogP contribution in [-0.4, -0.2) is 74.1 Å². The van der Waals surface area contributed by atoms with Crippen molar-refractivity contribution in [3.63, 3.8) is 0 Å². The lowest BCUT2D eigenvalue weighted by atomic mass is 9.78. The number of ether oxygens (including phenoxy) is 2. The molecule has 4 rings (SSSR count). The number of esters is 1. The van der Waals surface area contributed by atoms with Gasteiger partial charge in [0.2, 0.25) is 0 Å². The van der Waals surface area contributed by atoms with Gasteiger partial charge in [-0.25, -0.2) is 23.9 Å². The third-order valence-corrected chi connectivity index (χ3v) is 7.52. The van der Waals surface area contributed by atoms with Gasteiger partial charge in [-0.1, -0.05) is 0 Å². The summed E-state index contributed by atoms with van der Waals surface area (Å²) in [5.74, 6) is -0.877. The molecule has 0 spiro atoms. The number of aromatic nitrogens is 2. The molecule has 2 aliphatic heterocycles. The Balaban J connectivity index is 1.87. The number of rotatable bonds is 7. The van der Waals surface area contributed by atoms with Gasteiger partial charge in [-0.2, -0.15) is 0 Å². The van der Waals surface area contributed by atoms with Crippen LogP contribution in [-0.2, 0) is 19.9 Å². The van der Waals surface area contributed by atoms with E-state index in [2.05, 4.69) is 20.6 Å². The van der Waals surface area contributed by atoms with Crippen LogP contribution >= 0.6 is 0 Å². The average molecular weight is 575 g/mol. The van der Waals surface area contributed by atoms with E-state index < -0.39 is 52.4 Å². The van der Waals surface area contributed by atoms with Crippen LogP contribution in [0.15, 0.2) is 29.5 Å². The van der Waals surface area contributed by atoms with Crippen molar-refractivity contribution in [3.05, 3.63) is 40.9 Å². The highest BCUT2D eigenvalue weighted by Gasteiger charge is 2.70. The molecule has 3 unspecified atom stereocenters. The van der Waals surface area contributed by atoms with Crippen molar-refractivity contribution in [2.45, 2.75) is 109 Å². The van der Waals surface area contributed by atoms with Gasteiger partial charge in [0.15, 0.2) is 11.4 Å². The van der Waals surface area contributed by atoms with E-state index in [1.165, 1.54) is 12.4 Å². The number of nitrogens with two attached hydrogens (primary N) is 1. The van der Waals surface area contributed by atoms with Crippen molar-refractivity contribution in [3.8, 4) is 0 Å². The van der Waals surface area contributed by atoms with Crippen LogP contribution in [0.4, 0.5) is 9.18 Å². The van der Waals surface area contributed by atoms with Gasteiger partial charge >= 0.3 is 12.0 Å². The second-order valence-electron chi connectivity index (χ2n) is 12.9. The third kappa shape index (κ3) is 5.96. The Kier molecular flexibility index (Phi) is 8.00. The lowest BCUT2D eigenvalue weighted by molar-refractivity contribution is -0.158. The summed E-state index contributed by atoms with van der Waals surface area (Å²) < 4.78 is 28.5. The van der Waals surface area contributed by atoms with E-state index in [-0.39, 0.29) is 17.8 Å². The smallest absolute Gasteiger partial charge is 0.336 e. The van der Waals surface area contributed by atoms with Crippen molar-refractivity contribution < 1.29 is 28.6 Å². The lowest BCUT2D eigenvalue weighted by Gasteiger charge is -2.39. The molecule has 0 saturated carbocycles. The largest absolute Gasteiger partial charge is 0.458 e. The van der Waals surface area contributed by atoms with Crippen molar-refractivity contribution in [2.24, 2.45) is 5.73 Å². The molecule has 12 heteroatoms. The second-order valence-corrected chi connectivity index (χ2v) is 12.9. The number of hydrogen-bond acceptors (Lipinski definition) is 9. The average Bonchev–Trinajstić information content (AvgIpc) is 3.18. The van der Waals surface area contributed by atoms with Gasteiger partial charge < -0.3 is 35.8 Å². The zero-order chi connectivity index (χ0) is 30.5. The van der Waals surface area contributed by atoms with E-state index in [1.807, 2.05) is 0 Å². The Morgan fingerprint density at radius 2 is 1.88 bits per heavy atom. The zero-order valence-electron chi connectivity index (χ0n) is 25.2. The van der Waals surface area contributed by atoms with Crippen molar-refractivity contribution in [1.29, 1.82) is 0 Å². The molecule has 1 aliphatic carbocycles. The fourth-order valence-corrected chi connectivity index (χ4v) is 5.52. The molecule has 0 radical (unpaired) electrons. The van der Waals surface area contributed by atoms with E-state index in [1.54, 1.807) is 60.3 Å². The number of hydrogen-bond donors (Lipinski definition) is 4. The fraction of sp³-hybridized carbons (Fsp3) is 0.655. The number of nitrogens with zero attached hydrogens (tertiary/aromatic N) is 3. The topological polar surface area (TPSA) is 152 Å². The number of urea groups is 1. The Morgan fingerprint density at radius 1 is 1.24 bits per heavy atom. The number of carbonyl (C=O) groups is 2. The summed E-state index contributed by atoms with van der Waals surface area (Å²) in [5.41, 5.74) is 3.80. The minimum absolute atomic E-state index is 0.0599. The van der Waals surface area contributed by atoms with Crippen LogP contribution in [0.25, 0.3) is 5.57 Å². The third-order valence-electron chi connectivity index (χ3n) is 7.52. The Labute approximate surface area is 240 Å². The SMILES string of the molecule is CCNC(=O)NC1N(C2=C([C@H]3CCCO3)C(F)=C(c3cnc(C(C)(C)O)nc3)CC2(C)N)C1(C)C(=O)OC(C)(C)C. The molecule has 226 valence electrons. The normalized spacial score (nSPS) is 28.6. The Bertz CT molecular complexity index is 1260. The molecule has 3 heterocycles. The molecule has 1 aromatic heterocycles. The Morgan fingerprint density at radius 3 is 2.39 bits per heavy atom. The number of amides is 2. The van der Waals surface area contributed by atoms with Crippen molar-refractivity contribution in [2.75, 3.05) is 13.2 Å². The van der Waals surface area contributed by atoms with E-state index in [0.717, 1.165) is 6.42 Å². The minimum atomic E-state index is -1.34. The molecule has 4 atom stereocenters. The fourth-order valence-electron chi connectivity index (χ4n) is 5.52. The number of aliphatic hydroxyl groups is 1. The summed E-state index contributed by atoms with van der Waals surface area (Å²) >= 11 is 0. The monoisotopic (exact) mass is 574 g/mol. The van der Waals surface area contributed by atoms with Crippen LogP contribution in [0.5, 0.6) is 0 Å². The first-order chi connectivity index (χ1) is 18.9. The van der Waals surface area contributed by atoms with Gasteiger partial charge in [0.05, 0.1) is 11.6 Å². The molecule has 41 heavy (non-hydrogen) atoms. The van der Waals surface area contributed by atoms with Crippen molar-refractivity contribution in [1.82, 2.24) is 25.5 Å². The van der Waals surface area contributed by atoms with Crippen LogP contribution in [0.2, 0.25) is 0 Å². The maximum absolute atomic E-state index is 16.7. The molecule has 5 N–H and O–H groups in total. The van der Waals surface area contributed by atoms with E-state index in [9.17, 15) is 14.7 Å². The van der Waals surface area contributed by atoms with Gasteiger partial charge in [0.1, 0.15) is 23.2 Å². The van der Waals surface area contributed by atoms with E-state index in [0.29, 0.717) is 36.4 Å². The zero-order valence-corrected chi connectivity index (χ0v) is 25.2. The summed E-state index contributed by atoms with van der Waals surface area (Å²) in [6.07, 6.45) is 2.88. The molecule has 11 nitrogen and oxygen atoms in total. The highest BCUT2D eigenvalue weighted by molar-refractivity contribution is 5.89. The van der Waals surface area contributed by atoms with Gasteiger partial charge in [0.25, 0.3) is 0 Å². The molecular weight excluding hydrogens is 531 g/mol. The van der Waals surface area contributed by atoms with Crippen LogP contribution in [0.3, 0.4) is 0 Å². The summed E-state index contributed by atoms with van der Waals surface area (Å²) in [6.45, 7) is 14.5. The van der Waals surface area contributed by atoms with E-state index >= 15 is 4.39 Å². The van der Waals surface area contributed by atoms with E-state index in [4.69, 9.17) is 15.2 Å². The number of carbonyl (C=O) groups excluding carboxylic acids is 2. The summed E-state index contributed by atoms with van der Waals surface area (Å²) in [7, 11) is 0. The predicted molar refractivity (Wildman–Crippen MR) is 151 cm³/mol. The second kappa shape index (κ2) is 10.6. The first kappa shape index (κ1) is 30.9. The quantitative estimate of drug-likeness (QED) is 0.284. The molecular formula is C29H43FN6O5. The molecule has 0 aromatic carbocycles. The van der Waals surface area contributed by atoms with Crippen LogP contribution in [0.1, 0.15) is 86.0 Å². The summed E-state index contributed by atoms with van der Waals surface area (Å²) in [5, 5.41) is 15.8. The lowest BCUT2D eigenvalue weighted by Crippen LogP contribution is -2.48. The summed E-state index contributed by atoms with van der Waals surface area (Å²) in [6, 6.07) is -0.468. The maximum atomic E-state index is 16.7. The molecule has 2 fully saturated rings. The molecule has 2 amide bonds. The molecule has 0 bridgehead atoms.